The van der Waals surface area contributed by atoms with Crippen LogP contribution in [0.1, 0.15) is 34.1 Å². The summed E-state index contributed by atoms with van der Waals surface area (Å²) in [5.74, 6) is 1.18. The van der Waals surface area contributed by atoms with Crippen LogP contribution in [0.25, 0.3) is 0 Å². The van der Waals surface area contributed by atoms with Crippen LogP contribution in [0.4, 0.5) is 0 Å². The van der Waals surface area contributed by atoms with Crippen LogP contribution >= 0.6 is 0 Å². The van der Waals surface area contributed by atoms with E-state index < -0.39 is 5.79 Å². The zero-order valence-electron chi connectivity index (χ0n) is 9.33. The first-order valence-corrected chi connectivity index (χ1v) is 5.13. The molecule has 2 nitrogen and oxygen atoms in total. The van der Waals surface area contributed by atoms with Crippen LogP contribution in [0.2, 0.25) is 0 Å². The lowest BCUT2D eigenvalue weighted by Gasteiger charge is -2.18. The first kappa shape index (κ1) is 10.9. The molecule has 0 fully saturated rings. The number of ether oxygens (including phenoxy) is 2. The molecule has 1 aliphatic carbocycles. The molecule has 1 aliphatic heterocycles. The van der Waals surface area contributed by atoms with E-state index in [1.165, 1.54) is 0 Å². The van der Waals surface area contributed by atoms with Gasteiger partial charge >= 0.3 is 0 Å². The summed E-state index contributed by atoms with van der Waals surface area (Å²) in [6.45, 7) is 7.81. The lowest BCUT2D eigenvalue weighted by Crippen LogP contribution is -2.20. The molecule has 0 unspecified atom stereocenters. The third-order valence-corrected chi connectivity index (χ3v) is 1.76. The molecule has 2 aliphatic rings. The Labute approximate surface area is 85.9 Å². The molecule has 0 aromatic carbocycles. The molecule has 78 valence electrons. The van der Waals surface area contributed by atoms with Gasteiger partial charge in [-0.05, 0) is 18.6 Å². The highest BCUT2D eigenvalue weighted by molar-refractivity contribution is 5.30. The van der Waals surface area contributed by atoms with Gasteiger partial charge in [0.25, 0.3) is 0 Å². The van der Waals surface area contributed by atoms with Crippen molar-refractivity contribution in [2.45, 2.75) is 39.9 Å². The fraction of sp³-hybridized carbons (Fsp3) is 0.500. The third kappa shape index (κ3) is 2.41. The lowest BCUT2D eigenvalue weighted by atomic mass is 10.3. The molecule has 0 spiro atoms. The Morgan fingerprint density at radius 1 is 1.00 bits per heavy atom. The van der Waals surface area contributed by atoms with E-state index in [2.05, 4.69) is 12.2 Å². The lowest BCUT2D eigenvalue weighted by molar-refractivity contribution is -0.118. The summed E-state index contributed by atoms with van der Waals surface area (Å²) in [5.41, 5.74) is 0. The Balaban J connectivity index is 0.000000461. The Hall–Kier alpha value is -1.18. The van der Waals surface area contributed by atoms with Crippen LogP contribution < -0.4 is 0 Å². The summed E-state index contributed by atoms with van der Waals surface area (Å²) in [7, 11) is 0. The van der Waals surface area contributed by atoms with Crippen molar-refractivity contribution < 1.29 is 9.47 Å². The van der Waals surface area contributed by atoms with E-state index in [1.807, 2.05) is 39.8 Å². The van der Waals surface area contributed by atoms with Crippen molar-refractivity contribution in [3.05, 3.63) is 35.8 Å². The largest absolute Gasteiger partial charge is 0.449 e. The van der Waals surface area contributed by atoms with Crippen LogP contribution in [0.15, 0.2) is 35.8 Å². The van der Waals surface area contributed by atoms with Gasteiger partial charge in [0.2, 0.25) is 5.79 Å². The Bertz CT molecular complexity index is 257. The van der Waals surface area contributed by atoms with Gasteiger partial charge in [-0.15, -0.1) is 0 Å². The van der Waals surface area contributed by atoms with E-state index in [0.29, 0.717) is 0 Å². The highest BCUT2D eigenvalue weighted by Gasteiger charge is 2.31. The Kier molecular flexibility index (Phi) is 3.39. The molecule has 0 amide bonds. The van der Waals surface area contributed by atoms with Gasteiger partial charge in [-0.1, -0.05) is 26.0 Å². The number of hydrogen-bond donors (Lipinski definition) is 0. The number of allylic oxidation sites excluding steroid dienone is 4. The average molecular weight is 194 g/mol. The fourth-order valence-electron chi connectivity index (χ4n) is 1.31. The summed E-state index contributed by atoms with van der Waals surface area (Å²) < 4.78 is 11.1. The van der Waals surface area contributed by atoms with Crippen molar-refractivity contribution in [2.75, 3.05) is 0 Å². The summed E-state index contributed by atoms with van der Waals surface area (Å²) in [6, 6.07) is 0. The second-order valence-electron chi connectivity index (χ2n) is 3.37. The standard InChI is InChI=1S/C10H12O2.C2H6/c1-10(2)11-8-6-4-3-5-7-9(8)12-10;1-2/h4-7H,3H2,1-2H3;1-2H3. The van der Waals surface area contributed by atoms with Crippen LogP contribution in [-0.2, 0) is 9.47 Å². The van der Waals surface area contributed by atoms with Crippen molar-refractivity contribution in [3.63, 3.8) is 0 Å². The van der Waals surface area contributed by atoms with Gasteiger partial charge in [0.05, 0.1) is 0 Å². The minimum atomic E-state index is -0.503. The number of rotatable bonds is 0. The SMILES string of the molecule is CC.CC1(C)OC2=C(C=CCC=C2)O1. The molecule has 14 heavy (non-hydrogen) atoms. The molecule has 0 aromatic rings. The maximum atomic E-state index is 5.55. The summed E-state index contributed by atoms with van der Waals surface area (Å²) in [5, 5.41) is 0. The maximum absolute atomic E-state index is 5.55. The van der Waals surface area contributed by atoms with Crippen molar-refractivity contribution in [3.8, 4) is 0 Å². The van der Waals surface area contributed by atoms with Crippen molar-refractivity contribution in [2.24, 2.45) is 0 Å². The third-order valence-electron chi connectivity index (χ3n) is 1.76. The van der Waals surface area contributed by atoms with Crippen LogP contribution in [0.3, 0.4) is 0 Å². The van der Waals surface area contributed by atoms with Gasteiger partial charge in [-0.25, -0.2) is 0 Å². The molecule has 0 atom stereocenters. The van der Waals surface area contributed by atoms with Gasteiger partial charge in [-0.2, -0.15) is 0 Å². The predicted molar refractivity (Wildman–Crippen MR) is 57.5 cm³/mol. The van der Waals surface area contributed by atoms with Gasteiger partial charge < -0.3 is 9.47 Å². The van der Waals surface area contributed by atoms with E-state index in [0.717, 1.165) is 17.9 Å². The molecule has 0 saturated heterocycles. The first-order chi connectivity index (χ1) is 6.67. The smallest absolute Gasteiger partial charge is 0.246 e. The first-order valence-electron chi connectivity index (χ1n) is 5.13. The Morgan fingerprint density at radius 3 is 1.86 bits per heavy atom. The molecule has 0 aromatic heterocycles. The predicted octanol–water partition coefficient (Wildman–Crippen LogP) is 3.52. The molecule has 0 bridgehead atoms. The summed E-state index contributed by atoms with van der Waals surface area (Å²) >= 11 is 0. The van der Waals surface area contributed by atoms with E-state index in [9.17, 15) is 0 Å². The van der Waals surface area contributed by atoms with Gasteiger partial charge in [0.1, 0.15) is 0 Å². The summed E-state index contributed by atoms with van der Waals surface area (Å²) in [6.07, 6.45) is 8.99. The van der Waals surface area contributed by atoms with E-state index in [-0.39, 0.29) is 0 Å². The molecule has 2 heteroatoms. The molecule has 0 N–H and O–H groups in total. The minimum absolute atomic E-state index is 0.503. The van der Waals surface area contributed by atoms with E-state index >= 15 is 0 Å². The Morgan fingerprint density at radius 2 is 1.43 bits per heavy atom. The molecule has 0 radical (unpaired) electrons. The van der Waals surface area contributed by atoms with Crippen molar-refractivity contribution in [1.29, 1.82) is 0 Å². The normalized spacial score (nSPS) is 21.4. The highest BCUT2D eigenvalue weighted by atomic mass is 16.7. The van der Waals surface area contributed by atoms with Gasteiger partial charge in [-0.3, -0.25) is 0 Å². The van der Waals surface area contributed by atoms with Crippen molar-refractivity contribution in [1.82, 2.24) is 0 Å². The molecule has 0 saturated carbocycles. The molecule has 1 heterocycles. The minimum Gasteiger partial charge on any atom is -0.449 e. The number of hydrogen-bond acceptors (Lipinski definition) is 2. The van der Waals surface area contributed by atoms with Gasteiger partial charge in [0, 0.05) is 13.8 Å². The fourth-order valence-corrected chi connectivity index (χ4v) is 1.31. The highest BCUT2D eigenvalue weighted by Crippen LogP contribution is 2.32. The monoisotopic (exact) mass is 194 g/mol. The van der Waals surface area contributed by atoms with Crippen molar-refractivity contribution >= 4 is 0 Å². The second kappa shape index (κ2) is 4.36. The quantitative estimate of drug-likeness (QED) is 0.587. The maximum Gasteiger partial charge on any atom is 0.246 e. The van der Waals surface area contributed by atoms with E-state index in [1.54, 1.807) is 0 Å². The van der Waals surface area contributed by atoms with Crippen LogP contribution in [-0.4, -0.2) is 5.79 Å². The van der Waals surface area contributed by atoms with E-state index in [4.69, 9.17) is 9.47 Å². The molecular formula is C12H18O2. The van der Waals surface area contributed by atoms with Crippen LogP contribution in [0, 0.1) is 0 Å². The van der Waals surface area contributed by atoms with Gasteiger partial charge in [0.15, 0.2) is 11.5 Å². The molecular weight excluding hydrogens is 176 g/mol. The zero-order chi connectivity index (χ0) is 10.6. The topological polar surface area (TPSA) is 18.5 Å². The summed E-state index contributed by atoms with van der Waals surface area (Å²) in [4.78, 5) is 0. The van der Waals surface area contributed by atoms with Crippen LogP contribution in [0.5, 0.6) is 0 Å². The molecule has 2 rings (SSSR count). The average Bonchev–Trinajstić information content (AvgIpc) is 2.33. The second-order valence-corrected chi connectivity index (χ2v) is 3.37. The zero-order valence-corrected chi connectivity index (χ0v) is 9.33.